The van der Waals surface area contributed by atoms with E-state index in [1.54, 1.807) is 65.8 Å². The smallest absolute Gasteiger partial charge is 0.293 e. The van der Waals surface area contributed by atoms with Gasteiger partial charge in [0.05, 0.1) is 19.3 Å². The van der Waals surface area contributed by atoms with E-state index in [9.17, 15) is 15.3 Å². The van der Waals surface area contributed by atoms with Gasteiger partial charge in [-0.25, -0.2) is 0 Å². The summed E-state index contributed by atoms with van der Waals surface area (Å²) in [6, 6.07) is 16.8. The van der Waals surface area contributed by atoms with E-state index in [1.165, 1.54) is 44.5 Å². The van der Waals surface area contributed by atoms with Gasteiger partial charge in [-0.2, -0.15) is 0 Å². The Morgan fingerprint density at radius 2 is 0.663 bits per heavy atom. The molecule has 480 valence electrons. The maximum Gasteiger partial charge on any atom is 0.293 e. The van der Waals surface area contributed by atoms with Crippen LogP contribution in [0, 0.1) is 0 Å². The summed E-state index contributed by atoms with van der Waals surface area (Å²) in [6.07, 6.45) is 0. The van der Waals surface area contributed by atoms with Crippen LogP contribution in [-0.2, 0) is 48.7 Å². The SMILES string of the molecule is BrBr.C.C.CC(C)(C)c1ccc(O)cc1.ClCCl.ClCCl.[2H]C([2H])([2H])C(c1cc(C(C)(C)C)cc(Br)c1O)(C([2H])([2H])[2H])C([2H])([2H])[2H].[2H]C([2H])([2H])C(c1cc(C(C)(C)C)cc(C(C([2H])([2H])[2H])(C([2H])([2H])[2H])C([2H])([2H])[2H])c1O)(C([2H])([2H])[2H])C([2H])([2H])[2H].[2H]Cl.[2H]Oc1c([2H])cc(C(C)(C)C)cc1[2H].[2H]c1cc(C(C)(C)C)cc(C(C([2H])([2H])[2H])(C([2H])([2H])[2H])C([2H])([2H])[2H])c1O. The number of aromatic hydroxyl groups is 5. The summed E-state index contributed by atoms with van der Waals surface area (Å²) in [4.78, 5) is 0. The first-order valence-electron chi connectivity index (χ1n) is 44.0. The maximum atomic E-state index is 11.3. The van der Waals surface area contributed by atoms with Gasteiger partial charge in [-0.15, -0.1) is 58.7 Å². The van der Waals surface area contributed by atoms with Gasteiger partial charge in [-0.3, -0.25) is 0 Å². The van der Waals surface area contributed by atoms with Crippen molar-refractivity contribution in [2.75, 3.05) is 10.7 Å². The third-order valence-electron chi connectivity index (χ3n) is 10.6. The molecule has 0 atom stereocenters. The minimum absolute atomic E-state index is 0. The molecule has 5 nitrogen and oxygen atoms in total. The lowest BCUT2D eigenvalue weighted by Crippen LogP contribution is -2.21. The number of rotatable bonds is 1. The van der Waals surface area contributed by atoms with Crippen molar-refractivity contribution >= 4 is 103 Å². The molecule has 0 aliphatic rings. The molecular formula is C70H114Br3Cl5O5. The third-order valence-corrected chi connectivity index (χ3v) is 11.2. The Hall–Kier alpha value is -2.01. The number of phenols is 5. The van der Waals surface area contributed by atoms with Gasteiger partial charge in [0.2, 0.25) is 0 Å². The minimum atomic E-state index is -3.91. The summed E-state index contributed by atoms with van der Waals surface area (Å²) in [6.45, 7) is -16.6. The van der Waals surface area contributed by atoms with E-state index in [4.69, 9.17) is 108 Å². The normalized spacial score (nSPS) is 20.5. The highest BCUT2D eigenvalue weighted by molar-refractivity contribution is 9.93. The van der Waals surface area contributed by atoms with E-state index in [0.717, 1.165) is 23.8 Å². The molecule has 83 heavy (non-hydrogen) atoms. The lowest BCUT2D eigenvalue weighted by Gasteiger charge is -2.31. The van der Waals surface area contributed by atoms with Gasteiger partial charge in [-0.05, 0) is 145 Å². The van der Waals surface area contributed by atoms with Gasteiger partial charge in [0.1, 0.15) is 29.9 Å². The van der Waals surface area contributed by atoms with E-state index < -0.39 is 166 Å². The number of hydrogen-bond acceptors (Lipinski definition) is 5. The quantitative estimate of drug-likeness (QED) is 0.108. The second-order valence-corrected chi connectivity index (χ2v) is 25.3. The zero-order valence-electron chi connectivity index (χ0n) is 89.1. The van der Waals surface area contributed by atoms with Crippen molar-refractivity contribution in [3.05, 3.63) is 145 Å². The van der Waals surface area contributed by atoms with Crippen molar-refractivity contribution in [3.63, 3.8) is 0 Å². The first-order chi connectivity index (χ1) is 53.5. The highest BCUT2D eigenvalue weighted by Gasteiger charge is 2.29. The summed E-state index contributed by atoms with van der Waals surface area (Å²) in [5.74, 6) is -2.96. The molecule has 0 saturated heterocycles. The van der Waals surface area contributed by atoms with Crippen molar-refractivity contribution < 1.29 is 79.0 Å². The van der Waals surface area contributed by atoms with Gasteiger partial charge in [0, 0.05) is 83.2 Å². The summed E-state index contributed by atoms with van der Waals surface area (Å²) in [5, 5.41) is 45.7. The minimum Gasteiger partial charge on any atom is -0.508 e. The van der Waals surface area contributed by atoms with Gasteiger partial charge >= 0.3 is 0 Å². The molecule has 0 saturated carbocycles. The largest absolute Gasteiger partial charge is 0.508 e. The lowest BCUT2D eigenvalue weighted by atomic mass is 9.75. The van der Waals surface area contributed by atoms with Crippen LogP contribution >= 0.6 is 103 Å². The van der Waals surface area contributed by atoms with E-state index >= 15 is 0 Å². The van der Waals surface area contributed by atoms with E-state index in [0.29, 0.717) is 16.9 Å². The molecule has 0 amide bonds. The Morgan fingerprint density at radius 1 is 0.398 bits per heavy atom. The first kappa shape index (κ1) is 38.5. The third kappa shape index (κ3) is 35.5. The molecule has 0 aliphatic heterocycles. The number of halogens is 8. The standard InChI is InChI=1S/C18H30O.C14H21BrO.C14H22O.2C10H14O.2CH2Cl2.2CH4.Br2.ClH/c1-16(2,3)12-10-13(17(4,5)6)15(19)14(11-12)18(7,8)9;1-13(2,3)9-7-10(14(4,5)6)12(16)11(15)8-9;1-13(2,3)10-7-8-12(15)11(9-10)14(4,5)6;2*1-10(2,3)8-4-6-9(11)7-5-8;2*2-1-3;;;1-2;/h10-11,19H,1-9H3;7-8,16H,1-6H3;7-9,15H,1-6H3;2*4-7,11H,1-3H3;2*1H2;2*1H4;;1H/i4D3,5D3,6D3,7D3,8D3,9D3;4D3,5D3,6D3;4D3,5D3,6D3,8D;6D,7D;;;;;;;/hD2. The summed E-state index contributed by atoms with van der Waals surface area (Å²) < 4.78 is 318. The molecule has 0 radical (unpaired) electrons. The Balaban J connectivity index is -0.000000355. The topological polar surface area (TPSA) is 101 Å². The molecule has 5 N–H and O–H groups in total. The first-order valence-corrected chi connectivity index (χ1v) is 30.3. The second kappa shape index (κ2) is 38.4. The summed E-state index contributed by atoms with van der Waals surface area (Å²) >= 11 is 31.5. The molecule has 13 heteroatoms. The Kier molecular flexibility index (Phi) is 17.8. The van der Waals surface area contributed by atoms with Crippen molar-refractivity contribution in [1.29, 1.82) is 2.60 Å². The summed E-state index contributed by atoms with van der Waals surface area (Å²) in [7, 11) is 0. The Morgan fingerprint density at radius 3 is 0.964 bits per heavy atom. The molecular weight excluding hydrogens is 1340 g/mol. The number of benzene rings is 5. The average Bonchev–Trinajstić information content (AvgIpc) is 0.612. The Bertz CT molecular complexity index is 3750. The van der Waals surface area contributed by atoms with Crippen LogP contribution in [0.1, 0.15) is 304 Å². The second-order valence-electron chi connectivity index (χ2n) is 22.8. The van der Waals surface area contributed by atoms with E-state index in [1.807, 2.05) is 32.9 Å². The number of alkyl halides is 4. The molecule has 0 spiro atoms. The summed E-state index contributed by atoms with van der Waals surface area (Å²) in [5.41, 5.74) is -17.8. The van der Waals surface area contributed by atoms with Crippen LogP contribution in [0.15, 0.2) is 95.4 Å². The van der Waals surface area contributed by atoms with Crippen LogP contribution in [0.3, 0.4) is 0 Å². The number of phenolic OH excluding ortho intramolecular Hbond substituents is 5. The molecule has 5 aromatic carbocycles. The molecule has 5 aromatic rings. The van der Waals surface area contributed by atoms with Crippen LogP contribution in [0.2, 0.25) is 0 Å². The molecule has 0 bridgehead atoms. The highest BCUT2D eigenvalue weighted by atomic mass is 80.9. The zero-order chi connectivity index (χ0) is 99.5. The highest BCUT2D eigenvalue weighted by Crippen LogP contribution is 2.43. The average molecular weight is 1490 g/mol. The van der Waals surface area contributed by atoms with Gasteiger partial charge in [-0.1, -0.05) is 256 Å². The van der Waals surface area contributed by atoms with Crippen LogP contribution in [0.5, 0.6) is 28.7 Å². The molecule has 0 unspecified atom stereocenters. The monoisotopic (exact) mass is 1490 g/mol. The fourth-order valence-corrected chi connectivity index (χ4v) is 6.39. The molecule has 0 aliphatic carbocycles. The van der Waals surface area contributed by atoms with Gasteiger partial charge in [0.25, 0.3) is 1.43 Å². The predicted molar refractivity (Wildman–Crippen MR) is 388 cm³/mol. The van der Waals surface area contributed by atoms with Gasteiger partial charge in [0.15, 0.2) is 0 Å². The maximum absolute atomic E-state index is 11.3. The van der Waals surface area contributed by atoms with Crippen molar-refractivity contribution in [1.82, 2.24) is 0 Å². The van der Waals surface area contributed by atoms with E-state index in [2.05, 4.69) is 82.4 Å². The van der Waals surface area contributed by atoms with Crippen LogP contribution in [0.4, 0.5) is 0 Å². The zero-order valence-corrected chi connectivity index (χ0v) is 56.6. The van der Waals surface area contributed by atoms with Crippen LogP contribution in [-0.4, -0.2) is 38.8 Å². The molecule has 5 rings (SSSR count). The molecule has 0 aromatic heterocycles. The fourth-order valence-electron chi connectivity index (χ4n) is 5.93. The van der Waals surface area contributed by atoms with Gasteiger partial charge < -0.3 is 25.5 Å². The molecule has 0 fully saturated rings. The number of hydrogen-bond donors (Lipinski definition) is 5. The molecule has 0 heterocycles. The predicted octanol–water partition coefficient (Wildman–Crippen LogP) is 25.6. The van der Waals surface area contributed by atoms with Crippen LogP contribution < -0.4 is 0 Å². The van der Waals surface area contributed by atoms with Crippen molar-refractivity contribution in [3.8, 4) is 28.7 Å². The van der Waals surface area contributed by atoms with E-state index in [-0.39, 0.29) is 64.2 Å². The van der Waals surface area contributed by atoms with Crippen LogP contribution in [0.25, 0.3) is 0 Å². The Labute approximate surface area is 616 Å². The van der Waals surface area contributed by atoms with Crippen molar-refractivity contribution in [2.45, 2.75) is 250 Å². The lowest BCUT2D eigenvalue weighted by molar-refractivity contribution is 0.420. The van der Waals surface area contributed by atoms with Crippen molar-refractivity contribution in [2.24, 2.45) is 0 Å². The fraction of sp³-hybridized carbons (Fsp3) is 0.571.